The van der Waals surface area contributed by atoms with E-state index < -0.39 is 10.0 Å². The number of sulfonamides is 1. The highest BCUT2D eigenvalue weighted by molar-refractivity contribution is 7.89. The molecule has 0 aliphatic carbocycles. The zero-order valence-electron chi connectivity index (χ0n) is 16.7. The summed E-state index contributed by atoms with van der Waals surface area (Å²) in [5.74, 6) is 0.175. The molecule has 1 aromatic carbocycles. The lowest BCUT2D eigenvalue weighted by Crippen LogP contribution is -2.57. The van der Waals surface area contributed by atoms with Gasteiger partial charge in [-0.2, -0.15) is 4.31 Å². The number of carbonyl (C=O) groups is 1. The highest BCUT2D eigenvalue weighted by Gasteiger charge is 2.35. The first-order chi connectivity index (χ1) is 13.4. The van der Waals surface area contributed by atoms with Crippen molar-refractivity contribution in [2.45, 2.75) is 56.5 Å². The van der Waals surface area contributed by atoms with Crippen molar-refractivity contribution < 1.29 is 13.2 Å². The Morgan fingerprint density at radius 1 is 1.14 bits per heavy atom. The summed E-state index contributed by atoms with van der Waals surface area (Å²) >= 11 is 6.10. The van der Waals surface area contributed by atoms with E-state index in [1.54, 1.807) is 18.2 Å². The summed E-state index contributed by atoms with van der Waals surface area (Å²) in [6.07, 6.45) is 4.33. The van der Waals surface area contributed by atoms with Crippen molar-refractivity contribution in [3.05, 3.63) is 29.3 Å². The van der Waals surface area contributed by atoms with Crippen molar-refractivity contribution >= 4 is 27.5 Å². The van der Waals surface area contributed by atoms with E-state index in [0.717, 1.165) is 25.8 Å². The molecule has 2 heterocycles. The quantitative estimate of drug-likeness (QED) is 0.724. The fraction of sp³-hybridized carbons (Fsp3) is 0.650. The molecule has 3 rings (SSSR count). The van der Waals surface area contributed by atoms with Gasteiger partial charge in [0.15, 0.2) is 0 Å². The molecule has 8 heteroatoms. The van der Waals surface area contributed by atoms with Crippen LogP contribution in [-0.4, -0.2) is 73.2 Å². The maximum atomic E-state index is 13.0. The Kier molecular flexibility index (Phi) is 7.02. The lowest BCUT2D eigenvalue weighted by Gasteiger charge is -2.41. The predicted octanol–water partition coefficient (Wildman–Crippen LogP) is 2.83. The topological polar surface area (TPSA) is 60.9 Å². The molecule has 156 valence electrons. The Balaban J connectivity index is 1.63. The Hall–Kier alpha value is -1.15. The Morgan fingerprint density at radius 3 is 2.46 bits per heavy atom. The lowest BCUT2D eigenvalue weighted by atomic mass is 9.99. The molecule has 0 bridgehead atoms. The Bertz CT molecular complexity index is 794. The molecule has 2 fully saturated rings. The first-order valence-corrected chi connectivity index (χ1v) is 12.0. The van der Waals surface area contributed by atoms with Crippen LogP contribution in [0.4, 0.5) is 0 Å². The van der Waals surface area contributed by atoms with Gasteiger partial charge in [-0.15, -0.1) is 0 Å². The average Bonchev–Trinajstić information content (AvgIpc) is 2.73. The monoisotopic (exact) mass is 427 g/mol. The summed E-state index contributed by atoms with van der Waals surface area (Å²) in [5.41, 5.74) is 0. The van der Waals surface area contributed by atoms with Crippen LogP contribution in [0.1, 0.15) is 39.5 Å². The first-order valence-electron chi connectivity index (χ1n) is 10.2. The van der Waals surface area contributed by atoms with E-state index in [-0.39, 0.29) is 21.9 Å². The second-order valence-corrected chi connectivity index (χ2v) is 9.95. The fourth-order valence-electron chi connectivity index (χ4n) is 4.24. The molecule has 0 saturated carbocycles. The van der Waals surface area contributed by atoms with Gasteiger partial charge in [0.2, 0.25) is 15.9 Å². The van der Waals surface area contributed by atoms with Crippen LogP contribution in [0.2, 0.25) is 5.02 Å². The molecule has 1 aromatic rings. The number of benzene rings is 1. The van der Waals surface area contributed by atoms with Crippen LogP contribution in [0.25, 0.3) is 0 Å². The maximum Gasteiger partial charge on any atom is 0.244 e. The number of hydrogen-bond acceptors (Lipinski definition) is 4. The minimum absolute atomic E-state index is 0.147. The molecule has 2 atom stereocenters. The Labute approximate surface area is 173 Å². The number of likely N-dealkylation sites (tertiary alicyclic amines) is 1. The van der Waals surface area contributed by atoms with Crippen LogP contribution < -0.4 is 0 Å². The van der Waals surface area contributed by atoms with Crippen molar-refractivity contribution in [1.82, 2.24) is 14.1 Å². The fourth-order valence-corrected chi connectivity index (χ4v) is 6.15. The number of amides is 1. The van der Waals surface area contributed by atoms with E-state index in [4.69, 9.17) is 11.6 Å². The number of piperidine rings is 1. The second kappa shape index (κ2) is 9.11. The van der Waals surface area contributed by atoms with Crippen LogP contribution >= 0.6 is 11.6 Å². The summed E-state index contributed by atoms with van der Waals surface area (Å²) in [4.78, 5) is 17.3. The second-order valence-electron chi connectivity index (χ2n) is 7.64. The highest BCUT2D eigenvalue weighted by atomic mass is 35.5. The number of piperazine rings is 1. The molecule has 2 aliphatic rings. The number of hydrogen-bond donors (Lipinski definition) is 0. The SMILES string of the molecule is CCC1CCCCN1C(=O)C(C)N1CCN(S(=O)(=O)c2ccccc2Cl)CC1. The molecule has 2 saturated heterocycles. The summed E-state index contributed by atoms with van der Waals surface area (Å²) in [7, 11) is -3.62. The number of rotatable bonds is 5. The zero-order valence-corrected chi connectivity index (χ0v) is 18.3. The minimum atomic E-state index is -3.62. The molecule has 2 aliphatic heterocycles. The molecule has 1 amide bonds. The van der Waals surface area contributed by atoms with Crippen molar-refractivity contribution in [2.24, 2.45) is 0 Å². The summed E-state index contributed by atoms with van der Waals surface area (Å²) in [6.45, 7) is 6.73. The van der Waals surface area contributed by atoms with Crippen LogP contribution in [-0.2, 0) is 14.8 Å². The Morgan fingerprint density at radius 2 is 1.82 bits per heavy atom. The molecule has 2 unspecified atom stereocenters. The van der Waals surface area contributed by atoms with E-state index in [1.807, 2.05) is 11.8 Å². The molecular weight excluding hydrogens is 398 g/mol. The third-order valence-corrected chi connectivity index (χ3v) is 8.41. The van der Waals surface area contributed by atoms with E-state index in [9.17, 15) is 13.2 Å². The average molecular weight is 428 g/mol. The van der Waals surface area contributed by atoms with E-state index in [2.05, 4.69) is 11.8 Å². The third-order valence-electron chi connectivity index (χ3n) is 6.01. The van der Waals surface area contributed by atoms with Gasteiger partial charge in [-0.05, 0) is 44.7 Å². The van der Waals surface area contributed by atoms with Crippen molar-refractivity contribution in [3.8, 4) is 0 Å². The maximum absolute atomic E-state index is 13.0. The summed E-state index contributed by atoms with van der Waals surface area (Å²) < 4.78 is 27.3. The van der Waals surface area contributed by atoms with Gasteiger partial charge in [0.1, 0.15) is 4.90 Å². The van der Waals surface area contributed by atoms with E-state index in [1.165, 1.54) is 16.8 Å². The van der Waals surface area contributed by atoms with Gasteiger partial charge in [-0.1, -0.05) is 30.7 Å². The van der Waals surface area contributed by atoms with Crippen molar-refractivity contribution in [2.75, 3.05) is 32.7 Å². The van der Waals surface area contributed by atoms with Gasteiger partial charge in [0, 0.05) is 38.8 Å². The number of halogens is 1. The van der Waals surface area contributed by atoms with E-state index >= 15 is 0 Å². The molecular formula is C20H30ClN3O3S. The van der Waals surface area contributed by atoms with Gasteiger partial charge in [-0.25, -0.2) is 8.42 Å². The minimum Gasteiger partial charge on any atom is -0.338 e. The standard InChI is InChI=1S/C20H30ClN3O3S/c1-3-17-8-6-7-11-24(17)20(25)16(2)22-12-14-23(15-13-22)28(26,27)19-10-5-4-9-18(19)21/h4-5,9-10,16-17H,3,6-8,11-15H2,1-2H3. The van der Waals surface area contributed by atoms with Gasteiger partial charge < -0.3 is 4.90 Å². The molecule has 28 heavy (non-hydrogen) atoms. The molecule has 6 nitrogen and oxygen atoms in total. The van der Waals surface area contributed by atoms with Crippen LogP contribution in [0.3, 0.4) is 0 Å². The predicted molar refractivity (Wildman–Crippen MR) is 111 cm³/mol. The van der Waals surface area contributed by atoms with Gasteiger partial charge in [0.25, 0.3) is 0 Å². The number of nitrogens with zero attached hydrogens (tertiary/aromatic N) is 3. The van der Waals surface area contributed by atoms with Gasteiger partial charge in [0.05, 0.1) is 11.1 Å². The van der Waals surface area contributed by atoms with Crippen LogP contribution in [0.5, 0.6) is 0 Å². The molecule has 0 spiro atoms. The molecule has 0 N–H and O–H groups in total. The van der Waals surface area contributed by atoms with Crippen LogP contribution in [0.15, 0.2) is 29.2 Å². The van der Waals surface area contributed by atoms with Crippen molar-refractivity contribution in [3.63, 3.8) is 0 Å². The highest BCUT2D eigenvalue weighted by Crippen LogP contribution is 2.26. The zero-order chi connectivity index (χ0) is 20.3. The smallest absolute Gasteiger partial charge is 0.244 e. The first kappa shape index (κ1) is 21.6. The summed E-state index contributed by atoms with van der Waals surface area (Å²) in [5, 5.41) is 0.240. The van der Waals surface area contributed by atoms with Crippen molar-refractivity contribution in [1.29, 1.82) is 0 Å². The lowest BCUT2D eigenvalue weighted by molar-refractivity contribution is -0.140. The van der Waals surface area contributed by atoms with Gasteiger partial charge >= 0.3 is 0 Å². The molecule has 0 radical (unpaired) electrons. The normalized spacial score (nSPS) is 23.5. The third kappa shape index (κ3) is 4.37. The summed E-state index contributed by atoms with van der Waals surface area (Å²) in [6, 6.07) is 6.64. The largest absolute Gasteiger partial charge is 0.338 e. The van der Waals surface area contributed by atoms with Crippen LogP contribution in [0, 0.1) is 0 Å². The van der Waals surface area contributed by atoms with E-state index in [0.29, 0.717) is 32.2 Å². The molecule has 0 aromatic heterocycles. The van der Waals surface area contributed by atoms with Gasteiger partial charge in [-0.3, -0.25) is 9.69 Å². The number of carbonyl (C=O) groups excluding carboxylic acids is 1.